The molecule has 0 bridgehead atoms. The van der Waals surface area contributed by atoms with Crippen molar-refractivity contribution in [1.82, 2.24) is 23.9 Å². The van der Waals surface area contributed by atoms with Crippen LogP contribution in [0.3, 0.4) is 0 Å². The Kier molecular flexibility index (Phi) is 4.78. The Bertz CT molecular complexity index is 808. The number of hydrogen-bond donors (Lipinski definition) is 0. The standard InChI is InChI=1S/C16H25N5O2S/c1-4-20-13(2)16(12-17-20)24(22,23)21-10-7-5-6-8-15(21)14-9-11-19(3)18-14/h9,11-12,15H,4-8,10H2,1-3H3. The average molecular weight is 351 g/mol. The van der Waals surface area contributed by atoms with Gasteiger partial charge in [0.25, 0.3) is 0 Å². The van der Waals surface area contributed by atoms with Crippen LogP contribution in [0.4, 0.5) is 0 Å². The van der Waals surface area contributed by atoms with Crippen molar-refractivity contribution >= 4 is 10.0 Å². The molecule has 132 valence electrons. The van der Waals surface area contributed by atoms with E-state index in [1.807, 2.05) is 33.2 Å². The first kappa shape index (κ1) is 17.2. The smallest absolute Gasteiger partial charge is 0.247 e. The summed E-state index contributed by atoms with van der Waals surface area (Å²) in [7, 11) is -1.74. The second-order valence-electron chi connectivity index (χ2n) is 6.31. The van der Waals surface area contributed by atoms with Gasteiger partial charge in [0.2, 0.25) is 10.0 Å². The Hall–Kier alpha value is -1.67. The SMILES string of the molecule is CCn1ncc(S(=O)(=O)N2CCCCCC2c2ccn(C)n2)c1C. The monoisotopic (exact) mass is 351 g/mol. The van der Waals surface area contributed by atoms with E-state index in [2.05, 4.69) is 10.2 Å². The molecule has 1 unspecified atom stereocenters. The maximum atomic E-state index is 13.3. The van der Waals surface area contributed by atoms with Crippen LogP contribution in [0, 0.1) is 6.92 Å². The summed E-state index contributed by atoms with van der Waals surface area (Å²) in [4.78, 5) is 0.312. The van der Waals surface area contributed by atoms with E-state index in [1.165, 1.54) is 6.20 Å². The molecule has 24 heavy (non-hydrogen) atoms. The summed E-state index contributed by atoms with van der Waals surface area (Å²) in [5.74, 6) is 0. The number of sulfonamides is 1. The van der Waals surface area contributed by atoms with Crippen LogP contribution in [0.25, 0.3) is 0 Å². The highest BCUT2D eigenvalue weighted by atomic mass is 32.2. The van der Waals surface area contributed by atoms with Gasteiger partial charge in [-0.15, -0.1) is 0 Å². The highest BCUT2D eigenvalue weighted by Gasteiger charge is 2.36. The molecule has 0 spiro atoms. The molecule has 2 aromatic rings. The minimum absolute atomic E-state index is 0.205. The number of rotatable bonds is 4. The number of hydrogen-bond acceptors (Lipinski definition) is 4. The Morgan fingerprint density at radius 2 is 2.08 bits per heavy atom. The van der Waals surface area contributed by atoms with Crippen LogP contribution in [0.5, 0.6) is 0 Å². The van der Waals surface area contributed by atoms with Crippen molar-refractivity contribution in [2.24, 2.45) is 7.05 Å². The summed E-state index contributed by atoms with van der Waals surface area (Å²) in [6.45, 7) is 4.96. The van der Waals surface area contributed by atoms with E-state index < -0.39 is 10.0 Å². The van der Waals surface area contributed by atoms with Crippen molar-refractivity contribution in [3.8, 4) is 0 Å². The lowest BCUT2D eigenvalue weighted by Gasteiger charge is -2.27. The Morgan fingerprint density at radius 3 is 2.71 bits per heavy atom. The first-order valence-corrected chi connectivity index (χ1v) is 9.93. The number of aryl methyl sites for hydroxylation is 2. The lowest BCUT2D eigenvalue weighted by Crippen LogP contribution is -2.35. The third-order valence-corrected chi connectivity index (χ3v) is 6.73. The fraction of sp³-hybridized carbons (Fsp3) is 0.625. The van der Waals surface area contributed by atoms with Gasteiger partial charge in [0.05, 0.1) is 23.6 Å². The zero-order valence-corrected chi connectivity index (χ0v) is 15.3. The molecule has 1 aliphatic rings. The number of nitrogens with zero attached hydrogens (tertiary/aromatic N) is 5. The highest BCUT2D eigenvalue weighted by Crippen LogP contribution is 2.34. The summed E-state index contributed by atoms with van der Waals surface area (Å²) in [6.07, 6.45) is 7.09. The van der Waals surface area contributed by atoms with E-state index >= 15 is 0 Å². The van der Waals surface area contributed by atoms with Gasteiger partial charge in [0.15, 0.2) is 0 Å². The Labute approximate surface area is 143 Å². The second kappa shape index (κ2) is 6.68. The molecule has 3 rings (SSSR count). The van der Waals surface area contributed by atoms with E-state index in [0.717, 1.165) is 31.4 Å². The van der Waals surface area contributed by atoms with Gasteiger partial charge in [-0.3, -0.25) is 9.36 Å². The van der Waals surface area contributed by atoms with Crippen LogP contribution >= 0.6 is 0 Å². The molecular formula is C16H25N5O2S. The van der Waals surface area contributed by atoms with Gasteiger partial charge in [-0.25, -0.2) is 8.42 Å². The summed E-state index contributed by atoms with van der Waals surface area (Å²) in [5, 5.41) is 8.68. The van der Waals surface area contributed by atoms with Crippen LogP contribution in [0.2, 0.25) is 0 Å². The maximum Gasteiger partial charge on any atom is 0.247 e. The average Bonchev–Trinajstić information content (AvgIpc) is 3.04. The van der Waals surface area contributed by atoms with Crippen LogP contribution in [0.1, 0.15) is 50.0 Å². The lowest BCUT2D eigenvalue weighted by atomic mass is 10.1. The molecule has 2 aromatic heterocycles. The minimum atomic E-state index is -3.59. The Balaban J connectivity index is 2.03. The predicted octanol–water partition coefficient (Wildman–Crippen LogP) is 2.25. The zero-order valence-electron chi connectivity index (χ0n) is 14.5. The molecular weight excluding hydrogens is 326 g/mol. The van der Waals surface area contributed by atoms with Gasteiger partial charge in [0, 0.05) is 26.3 Å². The van der Waals surface area contributed by atoms with E-state index in [1.54, 1.807) is 13.7 Å². The van der Waals surface area contributed by atoms with Crippen molar-refractivity contribution in [2.75, 3.05) is 6.54 Å². The quantitative estimate of drug-likeness (QED) is 0.847. The molecule has 3 heterocycles. The molecule has 0 aromatic carbocycles. The second-order valence-corrected chi connectivity index (χ2v) is 8.16. The summed E-state index contributed by atoms with van der Waals surface area (Å²) in [5.41, 5.74) is 1.52. The van der Waals surface area contributed by atoms with Crippen molar-refractivity contribution < 1.29 is 8.42 Å². The highest BCUT2D eigenvalue weighted by molar-refractivity contribution is 7.89. The summed E-state index contributed by atoms with van der Waals surface area (Å²) in [6, 6.07) is 1.71. The normalized spacial score (nSPS) is 20.2. The van der Waals surface area contributed by atoms with E-state index in [-0.39, 0.29) is 6.04 Å². The maximum absolute atomic E-state index is 13.3. The van der Waals surface area contributed by atoms with Crippen LogP contribution in [0.15, 0.2) is 23.4 Å². The lowest BCUT2D eigenvalue weighted by molar-refractivity contribution is 0.321. The third-order valence-electron chi connectivity index (χ3n) is 4.72. The molecule has 0 aliphatic carbocycles. The topological polar surface area (TPSA) is 73.0 Å². The van der Waals surface area contributed by atoms with Gasteiger partial charge in [-0.2, -0.15) is 14.5 Å². The van der Waals surface area contributed by atoms with Crippen LogP contribution in [-0.4, -0.2) is 38.8 Å². The molecule has 7 nitrogen and oxygen atoms in total. The zero-order chi connectivity index (χ0) is 17.3. The molecule has 1 atom stereocenters. The summed E-state index contributed by atoms with van der Waals surface area (Å²) < 4.78 is 31.7. The molecule has 1 saturated heterocycles. The van der Waals surface area contributed by atoms with E-state index in [9.17, 15) is 8.42 Å². The van der Waals surface area contributed by atoms with Crippen LogP contribution < -0.4 is 0 Å². The van der Waals surface area contributed by atoms with Gasteiger partial charge in [-0.05, 0) is 32.8 Å². The molecule has 0 amide bonds. The first-order chi connectivity index (χ1) is 11.4. The molecule has 0 radical (unpaired) electrons. The molecule has 0 N–H and O–H groups in total. The fourth-order valence-corrected chi connectivity index (χ4v) is 5.23. The van der Waals surface area contributed by atoms with Gasteiger partial charge in [-0.1, -0.05) is 12.8 Å². The van der Waals surface area contributed by atoms with Crippen molar-refractivity contribution in [2.45, 2.75) is 57.0 Å². The fourth-order valence-electron chi connectivity index (χ4n) is 3.40. The largest absolute Gasteiger partial charge is 0.275 e. The van der Waals surface area contributed by atoms with E-state index in [4.69, 9.17) is 0 Å². The molecule has 1 fully saturated rings. The first-order valence-electron chi connectivity index (χ1n) is 8.49. The van der Waals surface area contributed by atoms with Crippen molar-refractivity contribution in [1.29, 1.82) is 0 Å². The van der Waals surface area contributed by atoms with Crippen molar-refractivity contribution in [3.63, 3.8) is 0 Å². The van der Waals surface area contributed by atoms with Gasteiger partial charge in [0.1, 0.15) is 4.90 Å². The van der Waals surface area contributed by atoms with Gasteiger partial charge < -0.3 is 0 Å². The van der Waals surface area contributed by atoms with Crippen molar-refractivity contribution in [3.05, 3.63) is 29.8 Å². The van der Waals surface area contributed by atoms with E-state index in [0.29, 0.717) is 23.7 Å². The predicted molar refractivity (Wildman–Crippen MR) is 90.9 cm³/mol. The molecule has 0 saturated carbocycles. The molecule has 8 heteroatoms. The van der Waals surface area contributed by atoms with Gasteiger partial charge >= 0.3 is 0 Å². The Morgan fingerprint density at radius 1 is 1.29 bits per heavy atom. The third kappa shape index (κ3) is 3.00. The minimum Gasteiger partial charge on any atom is -0.275 e. The summed E-state index contributed by atoms with van der Waals surface area (Å²) >= 11 is 0. The number of aromatic nitrogens is 4. The molecule has 1 aliphatic heterocycles. The van der Waals surface area contributed by atoms with Crippen LogP contribution in [-0.2, 0) is 23.6 Å².